The summed E-state index contributed by atoms with van der Waals surface area (Å²) in [6.45, 7) is 0. The highest BCUT2D eigenvalue weighted by Gasteiger charge is 2.23. The van der Waals surface area contributed by atoms with E-state index >= 15 is 0 Å². The molecule has 1 aliphatic rings. The first kappa shape index (κ1) is 11.1. The first-order valence-corrected chi connectivity index (χ1v) is 6.07. The van der Waals surface area contributed by atoms with E-state index in [0.717, 1.165) is 24.0 Å². The lowest BCUT2D eigenvalue weighted by atomic mass is 10.1. The molecule has 0 saturated carbocycles. The Hall–Kier alpha value is -2.03. The van der Waals surface area contributed by atoms with Crippen molar-refractivity contribution in [2.24, 2.45) is 0 Å². The van der Waals surface area contributed by atoms with E-state index in [0.29, 0.717) is 11.4 Å². The summed E-state index contributed by atoms with van der Waals surface area (Å²) in [5.74, 6) is 0.0602. The number of rotatable bonds is 2. The van der Waals surface area contributed by atoms with Gasteiger partial charge in [0.2, 0.25) is 0 Å². The molecule has 0 amide bonds. The van der Waals surface area contributed by atoms with Gasteiger partial charge in [-0.25, -0.2) is 4.39 Å². The molecule has 1 aliphatic carbocycles. The summed E-state index contributed by atoms with van der Waals surface area (Å²) in [6.07, 6.45) is 1.84. The predicted octanol–water partition coefficient (Wildman–Crippen LogP) is 3.63. The molecule has 18 heavy (non-hydrogen) atoms. The van der Waals surface area contributed by atoms with Gasteiger partial charge in [0.05, 0.1) is 11.7 Å². The van der Waals surface area contributed by atoms with Crippen LogP contribution in [0.15, 0.2) is 42.5 Å². The highest BCUT2D eigenvalue weighted by molar-refractivity contribution is 5.50. The number of phenolic OH excluding ortho intramolecular Hbond substituents is 1. The van der Waals surface area contributed by atoms with Gasteiger partial charge in [0.1, 0.15) is 11.6 Å². The number of para-hydroxylation sites is 1. The molecule has 0 spiro atoms. The molecule has 92 valence electrons. The number of fused-ring (bicyclic) bond motifs is 1. The first-order chi connectivity index (χ1) is 8.74. The van der Waals surface area contributed by atoms with E-state index in [9.17, 15) is 9.50 Å². The average molecular weight is 243 g/mol. The summed E-state index contributed by atoms with van der Waals surface area (Å²) in [7, 11) is 0. The molecular weight excluding hydrogens is 229 g/mol. The van der Waals surface area contributed by atoms with E-state index in [1.54, 1.807) is 24.3 Å². The topological polar surface area (TPSA) is 32.3 Å². The second-order valence-corrected chi connectivity index (χ2v) is 4.60. The number of anilines is 1. The standard InChI is InChI=1S/C15H14FNO/c16-13-3-1-2-4-15(13)17-14-8-5-10-9-11(18)6-7-12(10)14/h1-4,6-7,9,14,17-18H,5,8H2. The fourth-order valence-corrected chi connectivity index (χ4v) is 2.52. The molecule has 0 heterocycles. The van der Waals surface area contributed by atoms with Gasteiger partial charge in [-0.3, -0.25) is 0 Å². The number of benzene rings is 2. The fraction of sp³-hybridized carbons (Fsp3) is 0.200. The van der Waals surface area contributed by atoms with Gasteiger partial charge in [-0.1, -0.05) is 18.2 Å². The zero-order valence-electron chi connectivity index (χ0n) is 9.86. The van der Waals surface area contributed by atoms with Crippen molar-refractivity contribution in [1.29, 1.82) is 0 Å². The highest BCUT2D eigenvalue weighted by Crippen LogP contribution is 2.35. The second kappa shape index (κ2) is 4.33. The van der Waals surface area contributed by atoms with Gasteiger partial charge < -0.3 is 10.4 Å². The maximum absolute atomic E-state index is 13.6. The molecule has 1 unspecified atom stereocenters. The van der Waals surface area contributed by atoms with Crippen molar-refractivity contribution in [2.45, 2.75) is 18.9 Å². The van der Waals surface area contributed by atoms with E-state index in [-0.39, 0.29) is 11.9 Å². The molecule has 0 fully saturated rings. The number of halogens is 1. The monoisotopic (exact) mass is 243 g/mol. The van der Waals surface area contributed by atoms with Crippen LogP contribution < -0.4 is 5.32 Å². The van der Waals surface area contributed by atoms with Crippen molar-refractivity contribution < 1.29 is 9.50 Å². The second-order valence-electron chi connectivity index (χ2n) is 4.60. The summed E-state index contributed by atoms with van der Waals surface area (Å²) >= 11 is 0. The number of aryl methyl sites for hydroxylation is 1. The Kier molecular flexibility index (Phi) is 2.67. The van der Waals surface area contributed by atoms with Crippen molar-refractivity contribution in [3.63, 3.8) is 0 Å². The smallest absolute Gasteiger partial charge is 0.146 e. The van der Waals surface area contributed by atoms with Gasteiger partial charge in [0.15, 0.2) is 0 Å². The molecule has 2 nitrogen and oxygen atoms in total. The third-order valence-electron chi connectivity index (χ3n) is 3.41. The Morgan fingerprint density at radius 3 is 2.83 bits per heavy atom. The number of nitrogens with one attached hydrogen (secondary N) is 1. The van der Waals surface area contributed by atoms with E-state index in [1.807, 2.05) is 12.1 Å². The molecular formula is C15H14FNO. The average Bonchev–Trinajstić information content (AvgIpc) is 2.74. The van der Waals surface area contributed by atoms with Crippen molar-refractivity contribution >= 4 is 5.69 Å². The maximum Gasteiger partial charge on any atom is 0.146 e. The van der Waals surface area contributed by atoms with Gasteiger partial charge >= 0.3 is 0 Å². The summed E-state index contributed by atoms with van der Waals surface area (Å²) in [5, 5.41) is 12.7. The van der Waals surface area contributed by atoms with Crippen LogP contribution in [0.25, 0.3) is 0 Å². The lowest BCUT2D eigenvalue weighted by Crippen LogP contribution is -2.08. The molecule has 1 atom stereocenters. The third-order valence-corrected chi connectivity index (χ3v) is 3.41. The van der Waals surface area contributed by atoms with E-state index in [2.05, 4.69) is 5.32 Å². The van der Waals surface area contributed by atoms with Crippen molar-refractivity contribution in [3.8, 4) is 5.75 Å². The van der Waals surface area contributed by atoms with Crippen LogP contribution in [0.2, 0.25) is 0 Å². The minimum atomic E-state index is -0.232. The van der Waals surface area contributed by atoms with Crippen molar-refractivity contribution in [2.75, 3.05) is 5.32 Å². The summed E-state index contributed by atoms with van der Waals surface area (Å²) in [6, 6.07) is 12.2. The molecule has 3 heteroatoms. The maximum atomic E-state index is 13.6. The van der Waals surface area contributed by atoms with Crippen LogP contribution in [0.1, 0.15) is 23.6 Å². The minimum absolute atomic E-state index is 0.123. The zero-order valence-corrected chi connectivity index (χ0v) is 9.86. The number of phenols is 1. The Morgan fingerprint density at radius 2 is 2.00 bits per heavy atom. The molecule has 2 aromatic carbocycles. The summed E-state index contributed by atoms with van der Waals surface area (Å²) in [4.78, 5) is 0. The highest BCUT2D eigenvalue weighted by atomic mass is 19.1. The molecule has 0 bridgehead atoms. The normalized spacial score (nSPS) is 17.5. The van der Waals surface area contributed by atoms with E-state index in [4.69, 9.17) is 0 Å². The molecule has 0 aromatic heterocycles. The molecule has 2 aromatic rings. The van der Waals surface area contributed by atoms with Gasteiger partial charge in [-0.2, -0.15) is 0 Å². The Morgan fingerprint density at radius 1 is 1.17 bits per heavy atom. The number of hydrogen-bond acceptors (Lipinski definition) is 2. The van der Waals surface area contributed by atoms with Gasteiger partial charge in [-0.05, 0) is 48.2 Å². The lowest BCUT2D eigenvalue weighted by Gasteiger charge is -2.16. The lowest BCUT2D eigenvalue weighted by molar-refractivity contribution is 0.474. The molecule has 0 aliphatic heterocycles. The number of hydrogen-bond donors (Lipinski definition) is 2. The SMILES string of the molecule is Oc1ccc2c(c1)CCC2Nc1ccccc1F. The largest absolute Gasteiger partial charge is 0.508 e. The van der Waals surface area contributed by atoms with Crippen LogP contribution in [0.4, 0.5) is 10.1 Å². The Labute approximate surface area is 105 Å². The molecule has 3 rings (SSSR count). The zero-order chi connectivity index (χ0) is 12.5. The van der Waals surface area contributed by atoms with E-state index < -0.39 is 0 Å². The molecule has 2 N–H and O–H groups in total. The predicted molar refractivity (Wildman–Crippen MR) is 69.2 cm³/mol. The summed E-state index contributed by atoms with van der Waals surface area (Å²) < 4.78 is 13.6. The van der Waals surface area contributed by atoms with Crippen LogP contribution in [0.3, 0.4) is 0 Å². The van der Waals surface area contributed by atoms with Crippen LogP contribution >= 0.6 is 0 Å². The van der Waals surface area contributed by atoms with E-state index in [1.165, 1.54) is 6.07 Å². The third kappa shape index (κ3) is 1.92. The van der Waals surface area contributed by atoms with Crippen LogP contribution in [0.5, 0.6) is 5.75 Å². The Balaban J connectivity index is 1.87. The molecule has 0 radical (unpaired) electrons. The minimum Gasteiger partial charge on any atom is -0.508 e. The van der Waals surface area contributed by atoms with Gasteiger partial charge in [0, 0.05) is 0 Å². The van der Waals surface area contributed by atoms with Crippen LogP contribution in [-0.4, -0.2) is 5.11 Å². The van der Waals surface area contributed by atoms with Crippen LogP contribution in [-0.2, 0) is 6.42 Å². The quantitative estimate of drug-likeness (QED) is 0.844. The van der Waals surface area contributed by atoms with Crippen LogP contribution in [0, 0.1) is 5.82 Å². The molecule has 0 saturated heterocycles. The van der Waals surface area contributed by atoms with Gasteiger partial charge in [0.25, 0.3) is 0 Å². The van der Waals surface area contributed by atoms with Gasteiger partial charge in [-0.15, -0.1) is 0 Å². The van der Waals surface area contributed by atoms with Crippen molar-refractivity contribution in [3.05, 3.63) is 59.4 Å². The summed E-state index contributed by atoms with van der Waals surface area (Å²) in [5.41, 5.74) is 2.82. The van der Waals surface area contributed by atoms with Crippen molar-refractivity contribution in [1.82, 2.24) is 0 Å². The Bertz CT molecular complexity index is 582. The number of aromatic hydroxyl groups is 1. The first-order valence-electron chi connectivity index (χ1n) is 6.07. The fourth-order valence-electron chi connectivity index (χ4n) is 2.52.